The van der Waals surface area contributed by atoms with Gasteiger partial charge in [0.15, 0.2) is 8.32 Å². The molecule has 0 fully saturated rings. The molecule has 0 saturated carbocycles. The first kappa shape index (κ1) is 21.9. The first-order valence-corrected chi connectivity index (χ1v) is 12.5. The van der Waals surface area contributed by atoms with E-state index in [4.69, 9.17) is 20.8 Å². The molecule has 1 aromatic heterocycles. The van der Waals surface area contributed by atoms with Crippen molar-refractivity contribution in [1.82, 2.24) is 4.57 Å². The van der Waals surface area contributed by atoms with Crippen molar-refractivity contribution in [3.05, 3.63) is 34.7 Å². The largest absolute Gasteiger partial charge is 0.466 e. The monoisotopic (exact) mass is 413 g/mol. The van der Waals surface area contributed by atoms with E-state index in [1.807, 2.05) is 10.6 Å². The lowest BCUT2D eigenvalue weighted by atomic mass is 10.2. The fourth-order valence-corrected chi connectivity index (χ4v) is 3.82. The van der Waals surface area contributed by atoms with Gasteiger partial charge in [0.05, 0.1) is 25.2 Å². The molecule has 0 atom stereocenters. The summed E-state index contributed by atoms with van der Waals surface area (Å²) in [4.78, 5) is 11.8. The SMILES string of the molecule is CCOC(=O)CCn1c(CO[Si](C)(C)C(C)(C)C)cc2cc(Cl)cc(F)c21. The second-order valence-corrected chi connectivity index (χ2v) is 13.5. The molecule has 27 heavy (non-hydrogen) atoms. The van der Waals surface area contributed by atoms with Gasteiger partial charge in [-0.05, 0) is 43.3 Å². The minimum atomic E-state index is -1.97. The van der Waals surface area contributed by atoms with Crippen LogP contribution in [0, 0.1) is 5.82 Å². The first-order valence-electron chi connectivity index (χ1n) is 9.23. The zero-order valence-electron chi connectivity index (χ0n) is 17.0. The van der Waals surface area contributed by atoms with Gasteiger partial charge in [0, 0.05) is 22.6 Å². The van der Waals surface area contributed by atoms with Crippen LogP contribution in [-0.2, 0) is 27.1 Å². The van der Waals surface area contributed by atoms with Crippen LogP contribution in [-0.4, -0.2) is 25.5 Å². The molecule has 0 aliphatic carbocycles. The van der Waals surface area contributed by atoms with Gasteiger partial charge in [0.25, 0.3) is 0 Å². The molecule has 150 valence electrons. The number of carbonyl (C=O) groups excluding carboxylic acids is 1. The summed E-state index contributed by atoms with van der Waals surface area (Å²) in [6.07, 6.45) is 0.173. The standard InChI is InChI=1S/C20H29ClFNO3Si/c1-7-25-18(24)8-9-23-16(13-26-27(5,6)20(2,3)4)11-14-10-15(21)12-17(22)19(14)23/h10-12H,7-9,13H2,1-6H3. The van der Waals surface area contributed by atoms with E-state index in [1.165, 1.54) is 6.07 Å². The maximum Gasteiger partial charge on any atom is 0.307 e. The van der Waals surface area contributed by atoms with Crippen molar-refractivity contribution in [3.63, 3.8) is 0 Å². The zero-order chi connectivity index (χ0) is 20.4. The van der Waals surface area contributed by atoms with Gasteiger partial charge in [-0.3, -0.25) is 4.79 Å². The Hall–Kier alpha value is -1.37. The average molecular weight is 414 g/mol. The third-order valence-corrected chi connectivity index (χ3v) is 9.92. The molecule has 2 rings (SSSR count). The van der Waals surface area contributed by atoms with Gasteiger partial charge in [-0.25, -0.2) is 4.39 Å². The number of nitrogens with zero attached hydrogens (tertiary/aromatic N) is 1. The number of fused-ring (bicyclic) bond motifs is 1. The predicted octanol–water partition coefficient (Wildman–Crippen LogP) is 5.91. The summed E-state index contributed by atoms with van der Waals surface area (Å²) in [6.45, 7) is 13.7. The number of aromatic nitrogens is 1. The summed E-state index contributed by atoms with van der Waals surface area (Å²) >= 11 is 6.02. The van der Waals surface area contributed by atoms with E-state index in [9.17, 15) is 9.18 Å². The number of hydrogen-bond donors (Lipinski definition) is 0. The van der Waals surface area contributed by atoms with E-state index in [2.05, 4.69) is 33.9 Å². The normalized spacial score (nSPS) is 12.6. The van der Waals surface area contributed by atoms with Crippen LogP contribution >= 0.6 is 11.6 Å². The molecule has 0 spiro atoms. The second kappa shape index (κ2) is 8.33. The Kier molecular flexibility index (Phi) is 6.76. The molecule has 0 unspecified atom stereocenters. The van der Waals surface area contributed by atoms with Crippen molar-refractivity contribution >= 4 is 36.8 Å². The molecule has 7 heteroatoms. The molecular weight excluding hydrogens is 385 g/mol. The van der Waals surface area contributed by atoms with Gasteiger partial charge in [0.1, 0.15) is 5.82 Å². The number of halogens is 2. The van der Waals surface area contributed by atoms with E-state index in [0.29, 0.717) is 35.7 Å². The van der Waals surface area contributed by atoms with E-state index in [1.54, 1.807) is 13.0 Å². The molecule has 0 amide bonds. The number of benzene rings is 1. The van der Waals surface area contributed by atoms with Crippen LogP contribution in [0.3, 0.4) is 0 Å². The first-order chi connectivity index (χ1) is 12.5. The molecule has 0 aliphatic heterocycles. The number of hydrogen-bond acceptors (Lipinski definition) is 3. The molecule has 4 nitrogen and oxygen atoms in total. The third-order valence-electron chi connectivity index (χ3n) is 5.23. The number of aryl methyl sites for hydroxylation is 1. The lowest BCUT2D eigenvalue weighted by Gasteiger charge is -2.36. The van der Waals surface area contributed by atoms with Crippen molar-refractivity contribution < 1.29 is 18.3 Å². The number of esters is 1. The van der Waals surface area contributed by atoms with Crippen LogP contribution < -0.4 is 0 Å². The van der Waals surface area contributed by atoms with Crippen molar-refractivity contribution in [2.45, 2.75) is 65.4 Å². The number of carbonyl (C=O) groups is 1. The maximum atomic E-state index is 14.6. The Bertz CT molecular complexity index is 827. The van der Waals surface area contributed by atoms with E-state index < -0.39 is 14.1 Å². The predicted molar refractivity (Wildman–Crippen MR) is 110 cm³/mol. The third kappa shape index (κ3) is 5.12. The zero-order valence-corrected chi connectivity index (χ0v) is 18.7. The molecule has 0 aliphatic rings. The lowest BCUT2D eigenvalue weighted by molar-refractivity contribution is -0.143. The summed E-state index contributed by atoms with van der Waals surface area (Å²) in [5, 5.41) is 1.13. The van der Waals surface area contributed by atoms with E-state index >= 15 is 0 Å². The lowest BCUT2D eigenvalue weighted by Crippen LogP contribution is -2.40. The van der Waals surface area contributed by atoms with Crippen LogP contribution in [0.25, 0.3) is 10.9 Å². The highest BCUT2D eigenvalue weighted by molar-refractivity contribution is 6.74. The van der Waals surface area contributed by atoms with Crippen LogP contribution in [0.4, 0.5) is 4.39 Å². The minimum Gasteiger partial charge on any atom is -0.466 e. The second-order valence-electron chi connectivity index (χ2n) is 8.22. The van der Waals surface area contributed by atoms with Crippen LogP contribution in [0.15, 0.2) is 18.2 Å². The Morgan fingerprint density at radius 2 is 1.93 bits per heavy atom. The summed E-state index contributed by atoms with van der Waals surface area (Å²) < 4.78 is 27.7. The Balaban J connectivity index is 2.37. The molecule has 1 heterocycles. The van der Waals surface area contributed by atoms with Crippen molar-refractivity contribution in [2.75, 3.05) is 6.61 Å². The summed E-state index contributed by atoms with van der Waals surface area (Å²) in [5.74, 6) is -0.704. The summed E-state index contributed by atoms with van der Waals surface area (Å²) in [6, 6.07) is 4.92. The van der Waals surface area contributed by atoms with Crippen molar-refractivity contribution in [1.29, 1.82) is 0 Å². The van der Waals surface area contributed by atoms with E-state index in [0.717, 1.165) is 5.69 Å². The molecule has 0 N–H and O–H groups in total. The molecule has 0 bridgehead atoms. The highest BCUT2D eigenvalue weighted by atomic mass is 35.5. The van der Waals surface area contributed by atoms with Crippen molar-refractivity contribution in [2.24, 2.45) is 0 Å². The number of ether oxygens (including phenoxy) is 1. The smallest absolute Gasteiger partial charge is 0.307 e. The molecule has 0 saturated heterocycles. The quantitative estimate of drug-likeness (QED) is 0.418. The van der Waals surface area contributed by atoms with Gasteiger partial charge in [-0.15, -0.1) is 0 Å². The van der Waals surface area contributed by atoms with Gasteiger partial charge in [-0.2, -0.15) is 0 Å². The van der Waals surface area contributed by atoms with Gasteiger partial charge < -0.3 is 13.7 Å². The Morgan fingerprint density at radius 3 is 2.52 bits per heavy atom. The highest BCUT2D eigenvalue weighted by Crippen LogP contribution is 2.37. The number of rotatable bonds is 7. The summed E-state index contributed by atoms with van der Waals surface area (Å²) in [5.41, 5.74) is 1.28. The summed E-state index contributed by atoms with van der Waals surface area (Å²) in [7, 11) is -1.97. The van der Waals surface area contributed by atoms with Gasteiger partial charge in [-0.1, -0.05) is 32.4 Å². The minimum absolute atomic E-state index is 0.0728. The van der Waals surface area contributed by atoms with Crippen LogP contribution in [0.2, 0.25) is 23.2 Å². The van der Waals surface area contributed by atoms with Gasteiger partial charge >= 0.3 is 5.97 Å². The van der Waals surface area contributed by atoms with Crippen molar-refractivity contribution in [3.8, 4) is 0 Å². The average Bonchev–Trinajstić information content (AvgIpc) is 2.88. The fourth-order valence-electron chi connectivity index (χ4n) is 2.66. The van der Waals surface area contributed by atoms with Crippen LogP contribution in [0.5, 0.6) is 0 Å². The highest BCUT2D eigenvalue weighted by Gasteiger charge is 2.37. The molecule has 1 aromatic carbocycles. The topological polar surface area (TPSA) is 40.5 Å². The molecule has 0 radical (unpaired) electrons. The van der Waals surface area contributed by atoms with Crippen LogP contribution in [0.1, 0.15) is 39.8 Å². The molecular formula is C20H29ClFNO3Si. The Morgan fingerprint density at radius 1 is 1.26 bits per heavy atom. The fraction of sp³-hybridized carbons (Fsp3) is 0.550. The van der Waals surface area contributed by atoms with Gasteiger partial charge in [0.2, 0.25) is 0 Å². The Labute approximate surface area is 166 Å². The molecule has 2 aromatic rings. The maximum absolute atomic E-state index is 14.6. The van der Waals surface area contributed by atoms with E-state index in [-0.39, 0.29) is 17.4 Å².